The van der Waals surface area contributed by atoms with E-state index in [0.29, 0.717) is 16.8 Å². The molecule has 0 radical (unpaired) electrons. The molecule has 2 aromatic carbocycles. The van der Waals surface area contributed by atoms with E-state index in [9.17, 15) is 13.6 Å². The van der Waals surface area contributed by atoms with E-state index in [2.05, 4.69) is 10.6 Å². The van der Waals surface area contributed by atoms with Crippen molar-refractivity contribution >= 4 is 28.9 Å². The van der Waals surface area contributed by atoms with Crippen LogP contribution in [-0.2, 0) is 4.79 Å². The minimum Gasteiger partial charge on any atom is -0.358 e. The van der Waals surface area contributed by atoms with Gasteiger partial charge in [0.1, 0.15) is 23.3 Å². The summed E-state index contributed by atoms with van der Waals surface area (Å²) >= 11 is 5.97. The lowest BCUT2D eigenvalue weighted by atomic mass is 10.2. The van der Waals surface area contributed by atoms with Crippen molar-refractivity contribution in [2.75, 3.05) is 10.6 Å². The quantitative estimate of drug-likeness (QED) is 0.637. The maximum atomic E-state index is 13.5. The van der Waals surface area contributed by atoms with E-state index in [1.807, 2.05) is 6.92 Å². The van der Waals surface area contributed by atoms with Crippen molar-refractivity contribution in [1.29, 1.82) is 5.26 Å². The van der Waals surface area contributed by atoms with Gasteiger partial charge in [-0.2, -0.15) is 5.26 Å². The van der Waals surface area contributed by atoms with E-state index >= 15 is 0 Å². The standard InChI is InChI=1S/C17H12ClF2N3O/c1-10-2-4-13(7-14(10)18)23-17(24)11(8-21)9-22-16-5-3-12(19)6-15(16)20/h2-7,9,22H,1H3,(H,23,24)/b11-9-. The van der Waals surface area contributed by atoms with Crippen LogP contribution < -0.4 is 10.6 Å². The smallest absolute Gasteiger partial charge is 0.267 e. The zero-order chi connectivity index (χ0) is 17.7. The second kappa shape index (κ2) is 7.57. The summed E-state index contributed by atoms with van der Waals surface area (Å²) in [5.41, 5.74) is 0.926. The number of carbonyl (C=O) groups excluding carboxylic acids is 1. The Morgan fingerprint density at radius 3 is 2.62 bits per heavy atom. The summed E-state index contributed by atoms with van der Waals surface area (Å²) in [5.74, 6) is -2.25. The fourth-order valence-corrected chi connectivity index (χ4v) is 1.95. The number of halogens is 3. The van der Waals surface area contributed by atoms with Gasteiger partial charge in [0.25, 0.3) is 5.91 Å². The minimum atomic E-state index is -0.839. The van der Waals surface area contributed by atoms with E-state index in [4.69, 9.17) is 16.9 Å². The molecule has 0 aliphatic heterocycles. The molecular formula is C17H12ClF2N3O. The molecule has 24 heavy (non-hydrogen) atoms. The average Bonchev–Trinajstić information content (AvgIpc) is 2.53. The van der Waals surface area contributed by atoms with Crippen LogP contribution in [0.25, 0.3) is 0 Å². The number of hydrogen-bond donors (Lipinski definition) is 2. The number of hydrogen-bond acceptors (Lipinski definition) is 3. The van der Waals surface area contributed by atoms with E-state index < -0.39 is 17.5 Å². The lowest BCUT2D eigenvalue weighted by Gasteiger charge is -2.07. The third kappa shape index (κ3) is 4.31. The van der Waals surface area contributed by atoms with Crippen molar-refractivity contribution in [3.8, 4) is 6.07 Å². The Kier molecular flexibility index (Phi) is 5.51. The largest absolute Gasteiger partial charge is 0.358 e. The average molecular weight is 348 g/mol. The van der Waals surface area contributed by atoms with Crippen LogP contribution >= 0.6 is 11.6 Å². The zero-order valence-electron chi connectivity index (χ0n) is 12.5. The molecule has 0 aliphatic carbocycles. The summed E-state index contributed by atoms with van der Waals surface area (Å²) < 4.78 is 26.3. The number of anilines is 2. The summed E-state index contributed by atoms with van der Waals surface area (Å²) in [4.78, 5) is 12.1. The zero-order valence-corrected chi connectivity index (χ0v) is 13.3. The summed E-state index contributed by atoms with van der Waals surface area (Å²) in [7, 11) is 0. The number of amides is 1. The molecule has 0 saturated carbocycles. The number of nitriles is 1. The second-order valence-electron chi connectivity index (χ2n) is 4.86. The number of rotatable bonds is 4. The molecule has 0 aromatic heterocycles. The predicted octanol–water partition coefficient (Wildman–Crippen LogP) is 4.38. The summed E-state index contributed by atoms with van der Waals surface area (Å²) in [5, 5.41) is 14.5. The van der Waals surface area contributed by atoms with E-state index in [1.165, 1.54) is 0 Å². The Balaban J connectivity index is 2.13. The first kappa shape index (κ1) is 17.4. The molecule has 0 bridgehead atoms. The number of aryl methyl sites for hydroxylation is 1. The molecule has 1 amide bonds. The molecule has 2 aromatic rings. The van der Waals surface area contributed by atoms with Gasteiger partial charge in [-0.05, 0) is 36.8 Å². The minimum absolute atomic E-state index is 0.0599. The van der Waals surface area contributed by atoms with Gasteiger partial charge in [0.15, 0.2) is 0 Å². The molecule has 0 spiro atoms. The van der Waals surface area contributed by atoms with Gasteiger partial charge in [-0.3, -0.25) is 4.79 Å². The highest BCUT2D eigenvalue weighted by Gasteiger charge is 2.11. The van der Waals surface area contributed by atoms with Gasteiger partial charge in [0.2, 0.25) is 0 Å². The Hall–Kier alpha value is -2.91. The van der Waals surface area contributed by atoms with Gasteiger partial charge in [-0.25, -0.2) is 8.78 Å². The molecule has 7 heteroatoms. The van der Waals surface area contributed by atoms with Crippen molar-refractivity contribution in [3.05, 3.63) is 70.4 Å². The Morgan fingerprint density at radius 1 is 1.25 bits per heavy atom. The highest BCUT2D eigenvalue weighted by molar-refractivity contribution is 6.31. The van der Waals surface area contributed by atoms with Gasteiger partial charge in [-0.15, -0.1) is 0 Å². The van der Waals surface area contributed by atoms with Crippen LogP contribution in [0, 0.1) is 29.9 Å². The van der Waals surface area contributed by atoms with Gasteiger partial charge in [0.05, 0.1) is 5.69 Å². The highest BCUT2D eigenvalue weighted by atomic mass is 35.5. The monoisotopic (exact) mass is 347 g/mol. The number of carbonyl (C=O) groups is 1. The Morgan fingerprint density at radius 2 is 2.00 bits per heavy atom. The van der Waals surface area contributed by atoms with Crippen molar-refractivity contribution in [3.63, 3.8) is 0 Å². The lowest BCUT2D eigenvalue weighted by Crippen LogP contribution is -2.14. The van der Waals surface area contributed by atoms with Crippen LogP contribution in [0.2, 0.25) is 5.02 Å². The van der Waals surface area contributed by atoms with Crippen molar-refractivity contribution in [1.82, 2.24) is 0 Å². The third-order valence-electron chi connectivity index (χ3n) is 3.10. The Bertz CT molecular complexity index is 859. The second-order valence-corrected chi connectivity index (χ2v) is 5.26. The lowest BCUT2D eigenvalue weighted by molar-refractivity contribution is -0.112. The first-order valence-electron chi connectivity index (χ1n) is 6.80. The molecule has 0 saturated heterocycles. The topological polar surface area (TPSA) is 64.9 Å². The molecule has 2 N–H and O–H groups in total. The molecule has 4 nitrogen and oxygen atoms in total. The van der Waals surface area contributed by atoms with Crippen LogP contribution in [-0.4, -0.2) is 5.91 Å². The van der Waals surface area contributed by atoms with E-state index in [0.717, 1.165) is 23.9 Å². The number of nitrogens with zero attached hydrogens (tertiary/aromatic N) is 1. The third-order valence-corrected chi connectivity index (χ3v) is 3.51. The molecule has 0 heterocycles. The van der Waals surface area contributed by atoms with Gasteiger partial charge in [-0.1, -0.05) is 17.7 Å². The van der Waals surface area contributed by atoms with E-state index in [-0.39, 0.29) is 11.3 Å². The molecule has 122 valence electrons. The molecule has 2 rings (SSSR count). The van der Waals surface area contributed by atoms with Gasteiger partial charge < -0.3 is 10.6 Å². The molecular weight excluding hydrogens is 336 g/mol. The van der Waals surface area contributed by atoms with Crippen LogP contribution in [0.15, 0.2) is 48.2 Å². The van der Waals surface area contributed by atoms with Crippen LogP contribution in [0.5, 0.6) is 0 Å². The van der Waals surface area contributed by atoms with Gasteiger partial charge >= 0.3 is 0 Å². The first-order chi connectivity index (χ1) is 11.4. The fraction of sp³-hybridized carbons (Fsp3) is 0.0588. The van der Waals surface area contributed by atoms with Crippen LogP contribution in [0.1, 0.15) is 5.56 Å². The summed E-state index contributed by atoms with van der Waals surface area (Å²) in [6.07, 6.45) is 1.04. The SMILES string of the molecule is Cc1ccc(NC(=O)/C(C#N)=C\Nc2ccc(F)cc2F)cc1Cl. The van der Waals surface area contributed by atoms with Crippen molar-refractivity contribution in [2.24, 2.45) is 0 Å². The summed E-state index contributed by atoms with van der Waals surface area (Å²) in [6, 6.07) is 9.53. The number of benzene rings is 2. The normalized spacial score (nSPS) is 10.9. The molecule has 0 aliphatic rings. The highest BCUT2D eigenvalue weighted by Crippen LogP contribution is 2.20. The Labute approximate surface area is 142 Å². The molecule has 0 unspecified atom stereocenters. The maximum Gasteiger partial charge on any atom is 0.267 e. The van der Waals surface area contributed by atoms with Crippen LogP contribution in [0.3, 0.4) is 0 Å². The fourth-order valence-electron chi connectivity index (χ4n) is 1.77. The maximum absolute atomic E-state index is 13.5. The van der Waals surface area contributed by atoms with Gasteiger partial charge in [0, 0.05) is 23.0 Å². The molecule has 0 fully saturated rings. The number of nitrogens with one attached hydrogen (secondary N) is 2. The predicted molar refractivity (Wildman–Crippen MR) is 88.5 cm³/mol. The van der Waals surface area contributed by atoms with E-state index in [1.54, 1.807) is 24.3 Å². The van der Waals surface area contributed by atoms with Crippen LogP contribution in [0.4, 0.5) is 20.2 Å². The summed E-state index contributed by atoms with van der Waals surface area (Å²) in [6.45, 7) is 1.82. The van der Waals surface area contributed by atoms with Crippen molar-refractivity contribution in [2.45, 2.75) is 6.92 Å². The van der Waals surface area contributed by atoms with Crippen molar-refractivity contribution < 1.29 is 13.6 Å². The first-order valence-corrected chi connectivity index (χ1v) is 7.18. The molecule has 0 atom stereocenters.